The number of alkyl halides is 2. The molecule has 19 heteroatoms. The van der Waals surface area contributed by atoms with Gasteiger partial charge in [-0.15, -0.1) is 0 Å². The first-order valence-electron chi connectivity index (χ1n) is 23.3. The molecule has 4 rings (SSSR count). The van der Waals surface area contributed by atoms with Gasteiger partial charge in [0.25, 0.3) is 6.43 Å². The number of nitrogens with zero attached hydrogens (tertiary/aromatic N) is 2. The van der Waals surface area contributed by atoms with Crippen LogP contribution in [0, 0.1) is 23.5 Å². The molecule has 2 aromatic rings. The van der Waals surface area contributed by atoms with Crippen LogP contribution in [0.15, 0.2) is 48.5 Å². The maximum Gasteiger partial charge on any atom is 0.412 e. The molecule has 8 atom stereocenters. The molecule has 2 aliphatic rings. The molecule has 2 aromatic carbocycles. The Labute approximate surface area is 403 Å². The minimum atomic E-state index is -2.69. The fraction of sp³-hybridized carbons (Fsp3) is 0.660. The second-order valence-corrected chi connectivity index (χ2v) is 19.2. The highest BCUT2D eigenvalue weighted by Crippen LogP contribution is 2.31. The molecule has 2 saturated heterocycles. The van der Waals surface area contributed by atoms with E-state index in [4.69, 9.17) is 37.9 Å². The molecule has 0 unspecified atom stereocenters. The number of carbonyl (C=O) groups is 5. The number of esters is 2. The predicted molar refractivity (Wildman–Crippen MR) is 245 cm³/mol. The van der Waals surface area contributed by atoms with Gasteiger partial charge in [-0.1, -0.05) is 37.1 Å². The summed E-state index contributed by atoms with van der Waals surface area (Å²) in [6, 6.07) is 10.3. The van der Waals surface area contributed by atoms with E-state index in [1.165, 1.54) is 48.3 Å². The second kappa shape index (κ2) is 28.1. The lowest BCUT2D eigenvalue weighted by Crippen LogP contribution is -2.49. The number of benzene rings is 2. The Bertz CT molecular complexity index is 1890. The molecule has 0 aliphatic carbocycles. The first-order chi connectivity index (χ1) is 32.5. The molecule has 0 radical (unpaired) electrons. The maximum atomic E-state index is 13.4. The quantitative estimate of drug-likeness (QED) is 0.0515. The summed E-state index contributed by atoms with van der Waals surface area (Å²) in [6.07, 6.45) is -2.51. The smallest absolute Gasteiger partial charge is 0.412 e. The van der Waals surface area contributed by atoms with Crippen LogP contribution in [0.1, 0.15) is 105 Å². The van der Waals surface area contributed by atoms with Gasteiger partial charge in [-0.25, -0.2) is 36.7 Å². The van der Waals surface area contributed by atoms with Gasteiger partial charge in [-0.3, -0.25) is 9.80 Å². The van der Waals surface area contributed by atoms with Crippen molar-refractivity contribution in [3.05, 3.63) is 71.3 Å². The largest absolute Gasteiger partial charge is 0.458 e. The lowest BCUT2D eigenvalue weighted by atomic mass is 9.86. The molecule has 69 heavy (non-hydrogen) atoms. The third kappa shape index (κ3) is 20.2. The summed E-state index contributed by atoms with van der Waals surface area (Å²) in [6.45, 7) is 12.4. The summed E-state index contributed by atoms with van der Waals surface area (Å²) in [5.74, 6) is -2.34. The monoisotopic (exact) mass is 984 g/mol. The molecule has 2 aliphatic heterocycles. The van der Waals surface area contributed by atoms with Crippen LogP contribution in [0.25, 0.3) is 0 Å². The molecular formula is C50H72F4N2O13. The first-order valence-corrected chi connectivity index (χ1v) is 23.3. The number of amides is 2. The van der Waals surface area contributed by atoms with Crippen LogP contribution in [-0.4, -0.2) is 135 Å². The van der Waals surface area contributed by atoms with E-state index < -0.39 is 84.9 Å². The van der Waals surface area contributed by atoms with E-state index in [0.717, 1.165) is 11.1 Å². The molecule has 0 N–H and O–H groups in total. The average molecular weight is 985 g/mol. The Morgan fingerprint density at radius 2 is 1.04 bits per heavy atom. The molecule has 2 fully saturated rings. The van der Waals surface area contributed by atoms with E-state index in [1.807, 2.05) is 0 Å². The predicted octanol–water partition coefficient (Wildman–Crippen LogP) is 8.85. The third-order valence-electron chi connectivity index (χ3n) is 11.2. The number of ether oxygens (including phenoxy) is 8. The molecule has 2 amide bonds. The first kappa shape index (κ1) is 58.5. The standard InChI is InChI=1S/C25H36F3NO6.C25H36FNO7/c1-16-22(33-14-21(27)28)18(13-17-9-11-19(26)12-10-17)7-6-8-20(23(30)34-16)29(15-32-5)24(31)35-25(2,3)4;1-17-22(32-14-13-28)19(15-18-9-11-20(26)12-10-18)7-6-8-21(23(29)33-17)27(16-31-5)24(30)34-25(2,3)4/h9-12,16,18,20-22H,6-8,13-15H2,1-5H3;9-13,17,19,21-22H,6-8,14-16H2,1-5H3/t16-,18+,20-,22-;17-,19+,21-,22-/m00/s1. The van der Waals surface area contributed by atoms with Gasteiger partial charge in [-0.2, -0.15) is 0 Å². The SMILES string of the molecule is COCN(C(=O)OC(C)(C)C)[C@H]1CCC[C@H](Cc2ccc(F)cc2)[C@@H](OCC(F)F)[C@H](C)OC1=O.COCN(C(=O)OC(C)(C)C)[C@H]1CCC[C@H](Cc2ccc(F)cc2)[C@@H](OCC=O)[C@H](C)OC1=O. The van der Waals surface area contributed by atoms with Crippen molar-refractivity contribution in [1.29, 1.82) is 0 Å². The fourth-order valence-corrected chi connectivity index (χ4v) is 8.32. The van der Waals surface area contributed by atoms with Crippen molar-refractivity contribution in [2.75, 3.05) is 40.9 Å². The molecule has 388 valence electrons. The van der Waals surface area contributed by atoms with Crippen LogP contribution in [0.2, 0.25) is 0 Å². The summed E-state index contributed by atoms with van der Waals surface area (Å²) in [4.78, 5) is 65.3. The molecule has 0 aromatic heterocycles. The van der Waals surface area contributed by atoms with E-state index in [-0.39, 0.29) is 50.0 Å². The summed E-state index contributed by atoms with van der Waals surface area (Å²) in [5.41, 5.74) is 0.196. The number of halogens is 4. The lowest BCUT2D eigenvalue weighted by molar-refractivity contribution is -0.168. The number of methoxy groups -OCH3 is 2. The van der Waals surface area contributed by atoms with Crippen LogP contribution in [-0.2, 0) is 65.1 Å². The Morgan fingerprint density at radius 1 is 0.667 bits per heavy atom. The Kier molecular flexibility index (Phi) is 23.8. The van der Waals surface area contributed by atoms with Crippen LogP contribution in [0.4, 0.5) is 27.2 Å². The Balaban J connectivity index is 0.000000365. The van der Waals surface area contributed by atoms with Gasteiger partial charge < -0.3 is 42.7 Å². The zero-order valence-corrected chi connectivity index (χ0v) is 41.6. The molecule has 0 saturated carbocycles. The van der Waals surface area contributed by atoms with Crippen molar-refractivity contribution in [2.45, 2.75) is 161 Å². The summed E-state index contributed by atoms with van der Waals surface area (Å²) in [5, 5.41) is 0. The third-order valence-corrected chi connectivity index (χ3v) is 11.2. The van der Waals surface area contributed by atoms with Crippen LogP contribution < -0.4 is 0 Å². The molecular weight excluding hydrogens is 913 g/mol. The number of hydrogen-bond donors (Lipinski definition) is 0. The van der Waals surface area contributed by atoms with Crippen molar-refractivity contribution in [3.8, 4) is 0 Å². The molecule has 0 spiro atoms. The van der Waals surface area contributed by atoms with Crippen molar-refractivity contribution < 1.29 is 79.4 Å². The van der Waals surface area contributed by atoms with Gasteiger partial charge in [0.05, 0.1) is 12.2 Å². The van der Waals surface area contributed by atoms with E-state index in [9.17, 15) is 41.5 Å². The number of cyclic esters (lactones) is 2. The average Bonchev–Trinajstić information content (AvgIpc) is 3.34. The van der Waals surface area contributed by atoms with Crippen LogP contribution >= 0.6 is 0 Å². The zero-order chi connectivity index (χ0) is 51.5. The van der Waals surface area contributed by atoms with E-state index in [2.05, 4.69) is 0 Å². The van der Waals surface area contributed by atoms with Gasteiger partial charge in [0.1, 0.15) is 80.1 Å². The van der Waals surface area contributed by atoms with Crippen molar-refractivity contribution in [2.24, 2.45) is 11.8 Å². The highest BCUT2D eigenvalue weighted by Gasteiger charge is 2.41. The van der Waals surface area contributed by atoms with Gasteiger partial charge in [0.15, 0.2) is 0 Å². The van der Waals surface area contributed by atoms with E-state index >= 15 is 0 Å². The van der Waals surface area contributed by atoms with E-state index in [0.29, 0.717) is 51.2 Å². The minimum absolute atomic E-state index is 0.0932. The van der Waals surface area contributed by atoms with Gasteiger partial charge in [0.2, 0.25) is 0 Å². The van der Waals surface area contributed by atoms with Crippen LogP contribution in [0.5, 0.6) is 0 Å². The Hall–Kier alpha value is -4.85. The van der Waals surface area contributed by atoms with Crippen molar-refractivity contribution in [1.82, 2.24) is 9.80 Å². The number of aldehydes is 1. The number of hydrogen-bond acceptors (Lipinski definition) is 13. The lowest BCUT2D eigenvalue weighted by Gasteiger charge is -2.33. The normalized spacial score (nSPS) is 23.8. The minimum Gasteiger partial charge on any atom is -0.458 e. The van der Waals surface area contributed by atoms with E-state index in [1.54, 1.807) is 79.7 Å². The highest BCUT2D eigenvalue weighted by molar-refractivity contribution is 5.82. The maximum absolute atomic E-state index is 13.4. The number of carbonyl (C=O) groups excluding carboxylic acids is 5. The topological polar surface area (TPSA) is 166 Å². The van der Waals surface area contributed by atoms with Crippen molar-refractivity contribution in [3.63, 3.8) is 0 Å². The summed E-state index contributed by atoms with van der Waals surface area (Å²) < 4.78 is 96.7. The van der Waals surface area contributed by atoms with Gasteiger partial charge in [0, 0.05) is 14.2 Å². The molecule has 2 heterocycles. The highest BCUT2D eigenvalue weighted by atomic mass is 19.3. The summed E-state index contributed by atoms with van der Waals surface area (Å²) >= 11 is 0. The van der Waals surface area contributed by atoms with Crippen LogP contribution in [0.3, 0.4) is 0 Å². The second-order valence-electron chi connectivity index (χ2n) is 19.2. The Morgan fingerprint density at radius 3 is 1.38 bits per heavy atom. The molecule has 0 bridgehead atoms. The summed E-state index contributed by atoms with van der Waals surface area (Å²) in [7, 11) is 2.83. The number of rotatable bonds is 16. The van der Waals surface area contributed by atoms with Crippen molar-refractivity contribution >= 4 is 30.4 Å². The zero-order valence-electron chi connectivity index (χ0n) is 41.6. The molecule has 15 nitrogen and oxygen atoms in total. The van der Waals surface area contributed by atoms with Gasteiger partial charge in [-0.05, 0) is 141 Å². The fourth-order valence-electron chi connectivity index (χ4n) is 8.32. The van der Waals surface area contributed by atoms with Gasteiger partial charge >= 0.3 is 24.1 Å².